The van der Waals surface area contributed by atoms with E-state index in [1.165, 1.54) is 16.6 Å². The van der Waals surface area contributed by atoms with Gasteiger partial charge in [0.2, 0.25) is 5.91 Å². The van der Waals surface area contributed by atoms with Gasteiger partial charge in [-0.3, -0.25) is 14.2 Å². The van der Waals surface area contributed by atoms with E-state index in [2.05, 4.69) is 12.2 Å². The fraction of sp³-hybridized carbons (Fsp3) is 0.345. The van der Waals surface area contributed by atoms with E-state index in [4.69, 9.17) is 9.72 Å². The van der Waals surface area contributed by atoms with Crippen molar-refractivity contribution in [2.45, 2.75) is 52.1 Å². The lowest BCUT2D eigenvalue weighted by Gasteiger charge is -2.18. The van der Waals surface area contributed by atoms with Crippen molar-refractivity contribution in [3.63, 3.8) is 0 Å². The summed E-state index contributed by atoms with van der Waals surface area (Å²) < 4.78 is 7.25. The molecule has 6 nitrogen and oxygen atoms in total. The number of nitrogens with zero attached hydrogens (tertiary/aromatic N) is 2. The number of hydrogen-bond acceptors (Lipinski definition) is 6. The van der Waals surface area contributed by atoms with E-state index < -0.39 is 0 Å². The topological polar surface area (TPSA) is 73.2 Å². The second kappa shape index (κ2) is 10.7. The van der Waals surface area contributed by atoms with Gasteiger partial charge >= 0.3 is 0 Å². The Morgan fingerprint density at radius 2 is 2.00 bits per heavy atom. The van der Waals surface area contributed by atoms with Crippen LogP contribution in [0.3, 0.4) is 0 Å². The molecule has 0 saturated carbocycles. The summed E-state index contributed by atoms with van der Waals surface area (Å²) in [6, 6.07) is 13.5. The molecule has 37 heavy (non-hydrogen) atoms. The lowest BCUT2D eigenvalue weighted by Crippen LogP contribution is -2.23. The Morgan fingerprint density at radius 3 is 2.76 bits per heavy atom. The normalized spacial score (nSPS) is 15.0. The minimum Gasteiger partial charge on any atom is -0.494 e. The van der Waals surface area contributed by atoms with Crippen molar-refractivity contribution in [3.8, 4) is 11.4 Å². The van der Waals surface area contributed by atoms with E-state index in [0.717, 1.165) is 57.6 Å². The van der Waals surface area contributed by atoms with E-state index >= 15 is 0 Å². The van der Waals surface area contributed by atoms with Crippen LogP contribution in [-0.4, -0.2) is 27.8 Å². The third-order valence-electron chi connectivity index (χ3n) is 6.70. The number of anilines is 1. The first-order valence-electron chi connectivity index (χ1n) is 12.6. The highest BCUT2D eigenvalue weighted by Crippen LogP contribution is 2.37. The van der Waals surface area contributed by atoms with Gasteiger partial charge in [0.15, 0.2) is 5.16 Å². The van der Waals surface area contributed by atoms with Gasteiger partial charge < -0.3 is 10.1 Å². The fourth-order valence-corrected chi connectivity index (χ4v) is 6.98. The van der Waals surface area contributed by atoms with Crippen LogP contribution in [0.1, 0.15) is 41.8 Å². The van der Waals surface area contributed by atoms with Gasteiger partial charge in [-0.05, 0) is 93.0 Å². The van der Waals surface area contributed by atoms with Crippen LogP contribution < -0.4 is 15.6 Å². The highest BCUT2D eigenvalue weighted by atomic mass is 32.2. The van der Waals surface area contributed by atoms with Crippen molar-refractivity contribution in [2.75, 3.05) is 17.7 Å². The molecule has 0 spiro atoms. The number of hydrogen-bond donors (Lipinski definition) is 1. The first-order valence-corrected chi connectivity index (χ1v) is 14.4. The second-order valence-electron chi connectivity index (χ2n) is 9.65. The van der Waals surface area contributed by atoms with Crippen molar-refractivity contribution >= 4 is 44.9 Å². The number of rotatable bonds is 7. The number of aryl methyl sites for hydroxylation is 3. The molecule has 2 aromatic carbocycles. The molecule has 2 heterocycles. The third kappa shape index (κ3) is 5.31. The number of benzene rings is 2. The number of fused-ring (bicyclic) bond motifs is 3. The standard InChI is InChI=1S/C29H31N3O3S2/c1-5-35-21-11-9-20(10-12-21)32-28(34)26-22-13-7-18(3)15-24(22)37-27(26)31-29(32)36-16-25(33)30-23-14-17(2)6-8-19(23)4/h6,8-12,14,18H,5,7,13,15-16H2,1-4H3,(H,30,33). The molecule has 2 aromatic heterocycles. The Balaban J connectivity index is 1.52. The van der Waals surface area contributed by atoms with E-state index in [1.54, 1.807) is 15.9 Å². The summed E-state index contributed by atoms with van der Waals surface area (Å²) in [4.78, 5) is 33.9. The molecule has 8 heteroatoms. The molecule has 1 N–H and O–H groups in total. The molecule has 1 aliphatic rings. The summed E-state index contributed by atoms with van der Waals surface area (Å²) in [6.45, 7) is 8.74. The van der Waals surface area contributed by atoms with Crippen LogP contribution in [0.2, 0.25) is 0 Å². The number of carbonyl (C=O) groups excluding carboxylic acids is 1. The Labute approximate surface area is 225 Å². The van der Waals surface area contributed by atoms with Crippen LogP contribution in [0.5, 0.6) is 5.75 Å². The van der Waals surface area contributed by atoms with E-state index in [9.17, 15) is 9.59 Å². The zero-order valence-corrected chi connectivity index (χ0v) is 23.2. The molecule has 4 aromatic rings. The molecular formula is C29H31N3O3S2. The summed E-state index contributed by atoms with van der Waals surface area (Å²) in [5.74, 6) is 1.37. The molecule has 0 aliphatic heterocycles. The third-order valence-corrected chi connectivity index (χ3v) is 8.79. The van der Waals surface area contributed by atoms with Gasteiger partial charge in [-0.25, -0.2) is 4.98 Å². The molecule has 1 amide bonds. The fourth-order valence-electron chi connectivity index (χ4n) is 4.74. The highest BCUT2D eigenvalue weighted by molar-refractivity contribution is 7.99. The van der Waals surface area contributed by atoms with Gasteiger partial charge in [0.25, 0.3) is 5.56 Å². The zero-order chi connectivity index (χ0) is 26.1. The SMILES string of the molecule is CCOc1ccc(-n2c(SCC(=O)Nc3cc(C)ccc3C)nc3sc4c(c3c2=O)CCC(C)C4)cc1. The average molecular weight is 534 g/mol. The average Bonchev–Trinajstić information content (AvgIpc) is 3.23. The number of thioether (sulfide) groups is 1. The molecule has 0 saturated heterocycles. The number of amides is 1. The van der Waals surface area contributed by atoms with Crippen LogP contribution in [0.25, 0.3) is 15.9 Å². The maximum absolute atomic E-state index is 14.0. The van der Waals surface area contributed by atoms with Gasteiger partial charge in [0.1, 0.15) is 10.6 Å². The second-order valence-corrected chi connectivity index (χ2v) is 11.7. The summed E-state index contributed by atoms with van der Waals surface area (Å²) in [5, 5.41) is 4.25. The maximum Gasteiger partial charge on any atom is 0.267 e. The molecule has 0 fully saturated rings. The molecular weight excluding hydrogens is 502 g/mol. The quantitative estimate of drug-likeness (QED) is 0.222. The minimum absolute atomic E-state index is 0.0707. The van der Waals surface area contributed by atoms with Crippen molar-refractivity contribution in [1.82, 2.24) is 9.55 Å². The smallest absolute Gasteiger partial charge is 0.267 e. The van der Waals surface area contributed by atoms with Crippen molar-refractivity contribution < 1.29 is 9.53 Å². The predicted molar refractivity (Wildman–Crippen MR) is 153 cm³/mol. The monoisotopic (exact) mass is 533 g/mol. The van der Waals surface area contributed by atoms with Gasteiger partial charge in [-0.15, -0.1) is 11.3 Å². The molecule has 0 bridgehead atoms. The highest BCUT2D eigenvalue weighted by Gasteiger charge is 2.25. The molecule has 1 aliphatic carbocycles. The van der Waals surface area contributed by atoms with Gasteiger partial charge in [0.05, 0.1) is 23.4 Å². The first kappa shape index (κ1) is 25.5. The molecule has 0 radical (unpaired) electrons. The van der Waals surface area contributed by atoms with Crippen molar-refractivity contribution in [2.24, 2.45) is 5.92 Å². The number of aromatic nitrogens is 2. The Kier molecular flexibility index (Phi) is 7.40. The van der Waals surface area contributed by atoms with Gasteiger partial charge in [-0.1, -0.05) is 30.8 Å². The van der Waals surface area contributed by atoms with E-state index in [-0.39, 0.29) is 17.2 Å². The Hall–Kier alpha value is -3.10. The van der Waals surface area contributed by atoms with Gasteiger partial charge in [0, 0.05) is 10.6 Å². The predicted octanol–water partition coefficient (Wildman–Crippen LogP) is 6.32. The van der Waals surface area contributed by atoms with Crippen LogP contribution in [-0.2, 0) is 17.6 Å². The summed E-state index contributed by atoms with van der Waals surface area (Å²) in [5.41, 5.74) is 4.69. The van der Waals surface area contributed by atoms with Crippen molar-refractivity contribution in [1.29, 1.82) is 0 Å². The summed E-state index contributed by atoms with van der Waals surface area (Å²) in [7, 11) is 0. The Bertz CT molecular complexity index is 1520. The van der Waals surface area contributed by atoms with Crippen molar-refractivity contribution in [3.05, 3.63) is 74.4 Å². The number of nitrogens with one attached hydrogen (secondary N) is 1. The molecule has 192 valence electrons. The van der Waals surface area contributed by atoms with E-state index in [1.807, 2.05) is 63.2 Å². The number of ether oxygens (including phenoxy) is 1. The van der Waals surface area contributed by atoms with Gasteiger partial charge in [-0.2, -0.15) is 0 Å². The molecule has 1 atom stereocenters. The zero-order valence-electron chi connectivity index (χ0n) is 21.6. The summed E-state index contributed by atoms with van der Waals surface area (Å²) >= 11 is 2.91. The largest absolute Gasteiger partial charge is 0.494 e. The lowest BCUT2D eigenvalue weighted by molar-refractivity contribution is -0.113. The van der Waals surface area contributed by atoms with Crippen LogP contribution in [0.15, 0.2) is 52.4 Å². The lowest BCUT2D eigenvalue weighted by atomic mass is 9.89. The molecule has 1 unspecified atom stereocenters. The minimum atomic E-state index is -0.134. The first-order chi connectivity index (χ1) is 17.8. The van der Waals surface area contributed by atoms with Crippen LogP contribution in [0, 0.1) is 19.8 Å². The maximum atomic E-state index is 14.0. The Morgan fingerprint density at radius 1 is 1.22 bits per heavy atom. The molecule has 5 rings (SSSR count). The van der Waals surface area contributed by atoms with E-state index in [0.29, 0.717) is 23.4 Å². The van der Waals surface area contributed by atoms with Crippen LogP contribution in [0.4, 0.5) is 5.69 Å². The number of carbonyl (C=O) groups is 1. The van der Waals surface area contributed by atoms with Crippen LogP contribution >= 0.6 is 23.1 Å². The number of thiophene rings is 1. The summed E-state index contributed by atoms with van der Waals surface area (Å²) in [6.07, 6.45) is 2.97.